The number of carbonyl (C=O) groups excluding carboxylic acids is 1. The molecule has 1 aliphatic rings. The SMILES string of the molecule is CC(C)Nc1cc(-c2cnc3c(c2)CCN3C(=O)Cc2ccccc2Cl)c(Cl)cn1. The van der Waals surface area contributed by atoms with E-state index in [1.165, 1.54) is 0 Å². The van der Waals surface area contributed by atoms with Crippen LogP contribution in [0.1, 0.15) is 25.0 Å². The van der Waals surface area contributed by atoms with Crippen molar-refractivity contribution in [3.05, 3.63) is 70.0 Å². The number of hydrogen-bond acceptors (Lipinski definition) is 4. The van der Waals surface area contributed by atoms with Gasteiger partial charge in [-0.25, -0.2) is 9.97 Å². The van der Waals surface area contributed by atoms with Gasteiger partial charge in [-0.05, 0) is 49.6 Å². The van der Waals surface area contributed by atoms with E-state index < -0.39 is 0 Å². The summed E-state index contributed by atoms with van der Waals surface area (Å²) in [6.45, 7) is 4.72. The van der Waals surface area contributed by atoms with Crippen molar-refractivity contribution in [2.75, 3.05) is 16.8 Å². The molecule has 0 spiro atoms. The van der Waals surface area contributed by atoms with Crippen LogP contribution in [0.15, 0.2) is 48.8 Å². The maximum absolute atomic E-state index is 12.9. The Balaban J connectivity index is 1.58. The highest BCUT2D eigenvalue weighted by Gasteiger charge is 2.27. The molecule has 1 amide bonds. The van der Waals surface area contributed by atoms with Crippen molar-refractivity contribution in [3.63, 3.8) is 0 Å². The van der Waals surface area contributed by atoms with Gasteiger partial charge in [0.15, 0.2) is 0 Å². The minimum absolute atomic E-state index is 0.00698. The molecule has 3 aromatic rings. The Hall–Kier alpha value is -2.63. The topological polar surface area (TPSA) is 58.1 Å². The highest BCUT2D eigenvalue weighted by molar-refractivity contribution is 6.33. The van der Waals surface area contributed by atoms with E-state index in [1.54, 1.807) is 23.4 Å². The molecule has 0 unspecified atom stereocenters. The summed E-state index contributed by atoms with van der Waals surface area (Å²) in [6, 6.07) is 11.7. The molecule has 0 radical (unpaired) electrons. The third-order valence-corrected chi connectivity index (χ3v) is 5.68. The molecule has 0 bridgehead atoms. The second-order valence-electron chi connectivity index (χ2n) is 7.62. The van der Waals surface area contributed by atoms with Gasteiger partial charge in [0, 0.05) is 41.1 Å². The van der Waals surface area contributed by atoms with Crippen LogP contribution in [0.3, 0.4) is 0 Å². The summed E-state index contributed by atoms with van der Waals surface area (Å²) >= 11 is 12.6. The minimum atomic E-state index is -0.00698. The molecule has 5 nitrogen and oxygen atoms in total. The fourth-order valence-corrected chi connectivity index (χ4v) is 4.01. The molecule has 154 valence electrons. The standard InChI is InChI=1S/C23H22Cl2N4O/c1-14(2)28-21-11-18(20(25)13-26-21)17-9-16-7-8-29(23(16)27-12-17)22(30)10-15-5-3-4-6-19(15)24/h3-6,9,11-14H,7-8,10H2,1-2H3,(H,26,28). The Morgan fingerprint density at radius 1 is 1.13 bits per heavy atom. The van der Waals surface area contributed by atoms with Crippen molar-refractivity contribution in [1.29, 1.82) is 0 Å². The van der Waals surface area contributed by atoms with Crippen molar-refractivity contribution in [3.8, 4) is 11.1 Å². The van der Waals surface area contributed by atoms with Gasteiger partial charge in [0.1, 0.15) is 11.6 Å². The summed E-state index contributed by atoms with van der Waals surface area (Å²) in [4.78, 5) is 23.6. The lowest BCUT2D eigenvalue weighted by Crippen LogP contribution is -2.31. The Morgan fingerprint density at radius 2 is 1.93 bits per heavy atom. The molecule has 1 aliphatic heterocycles. The van der Waals surface area contributed by atoms with Crippen LogP contribution >= 0.6 is 23.2 Å². The number of amides is 1. The number of nitrogens with one attached hydrogen (secondary N) is 1. The average molecular weight is 441 g/mol. The number of nitrogens with zero attached hydrogens (tertiary/aromatic N) is 3. The number of rotatable bonds is 5. The molecule has 2 aromatic heterocycles. The normalized spacial score (nSPS) is 12.9. The minimum Gasteiger partial charge on any atom is -0.368 e. The molecule has 1 aromatic carbocycles. The van der Waals surface area contributed by atoms with Gasteiger partial charge in [0.2, 0.25) is 5.91 Å². The smallest absolute Gasteiger partial charge is 0.232 e. The highest BCUT2D eigenvalue weighted by Crippen LogP contribution is 2.34. The van der Waals surface area contributed by atoms with Crippen LogP contribution < -0.4 is 10.2 Å². The Morgan fingerprint density at radius 3 is 2.70 bits per heavy atom. The number of hydrogen-bond donors (Lipinski definition) is 1. The largest absolute Gasteiger partial charge is 0.368 e. The van der Waals surface area contributed by atoms with Crippen LogP contribution in [0.25, 0.3) is 11.1 Å². The summed E-state index contributed by atoms with van der Waals surface area (Å²) in [5, 5.41) is 4.46. The second kappa shape index (κ2) is 8.62. The number of carbonyl (C=O) groups is 1. The van der Waals surface area contributed by atoms with Crippen LogP contribution in [0, 0.1) is 0 Å². The maximum Gasteiger partial charge on any atom is 0.232 e. The van der Waals surface area contributed by atoms with Gasteiger partial charge in [-0.2, -0.15) is 0 Å². The number of aromatic nitrogens is 2. The van der Waals surface area contributed by atoms with E-state index in [0.29, 0.717) is 22.4 Å². The Labute approximate surface area is 186 Å². The van der Waals surface area contributed by atoms with E-state index in [0.717, 1.165) is 34.5 Å². The summed E-state index contributed by atoms with van der Waals surface area (Å²) in [6.07, 6.45) is 4.42. The highest BCUT2D eigenvalue weighted by atomic mass is 35.5. The number of halogens is 2. The van der Waals surface area contributed by atoms with Gasteiger partial charge < -0.3 is 5.32 Å². The van der Waals surface area contributed by atoms with Crippen LogP contribution in [0.5, 0.6) is 0 Å². The summed E-state index contributed by atoms with van der Waals surface area (Å²) in [7, 11) is 0. The molecule has 0 saturated heterocycles. The first-order chi connectivity index (χ1) is 14.4. The zero-order chi connectivity index (χ0) is 21.3. The lowest BCUT2D eigenvalue weighted by Gasteiger charge is -2.17. The quantitative estimate of drug-likeness (QED) is 0.576. The zero-order valence-corrected chi connectivity index (χ0v) is 18.3. The van der Waals surface area contributed by atoms with Gasteiger partial charge >= 0.3 is 0 Å². The Kier molecular flexibility index (Phi) is 5.93. The van der Waals surface area contributed by atoms with Gasteiger partial charge in [-0.3, -0.25) is 9.69 Å². The molecule has 0 saturated carbocycles. The molecule has 0 fully saturated rings. The first-order valence-corrected chi connectivity index (χ1v) is 10.6. The molecule has 30 heavy (non-hydrogen) atoms. The predicted octanol–water partition coefficient (Wildman–Crippen LogP) is 5.40. The zero-order valence-electron chi connectivity index (χ0n) is 16.8. The van der Waals surface area contributed by atoms with Gasteiger partial charge in [-0.15, -0.1) is 0 Å². The Bertz CT molecular complexity index is 1100. The molecule has 7 heteroatoms. The first kappa shape index (κ1) is 20.6. The van der Waals surface area contributed by atoms with Crippen molar-refractivity contribution in [2.24, 2.45) is 0 Å². The number of benzene rings is 1. The van der Waals surface area contributed by atoms with Gasteiger partial charge in [0.05, 0.1) is 11.4 Å². The third kappa shape index (κ3) is 4.27. The lowest BCUT2D eigenvalue weighted by molar-refractivity contribution is -0.117. The van der Waals surface area contributed by atoms with E-state index in [9.17, 15) is 4.79 Å². The fourth-order valence-electron chi connectivity index (χ4n) is 3.59. The monoisotopic (exact) mass is 440 g/mol. The van der Waals surface area contributed by atoms with E-state index in [-0.39, 0.29) is 18.4 Å². The van der Waals surface area contributed by atoms with E-state index >= 15 is 0 Å². The number of anilines is 2. The van der Waals surface area contributed by atoms with Crippen LogP contribution in [0.4, 0.5) is 11.6 Å². The van der Waals surface area contributed by atoms with Crippen LogP contribution in [0.2, 0.25) is 10.0 Å². The molecule has 0 aliphatic carbocycles. The predicted molar refractivity (Wildman–Crippen MR) is 122 cm³/mol. The third-order valence-electron chi connectivity index (χ3n) is 5.01. The van der Waals surface area contributed by atoms with Crippen molar-refractivity contribution in [2.45, 2.75) is 32.7 Å². The summed E-state index contributed by atoms with van der Waals surface area (Å²) in [5.41, 5.74) is 3.63. The first-order valence-electron chi connectivity index (χ1n) is 9.87. The molecular formula is C23H22Cl2N4O. The molecule has 3 heterocycles. The van der Waals surface area contributed by atoms with Gasteiger partial charge in [0.25, 0.3) is 0 Å². The second-order valence-corrected chi connectivity index (χ2v) is 8.43. The number of pyridine rings is 2. The van der Waals surface area contributed by atoms with Gasteiger partial charge in [-0.1, -0.05) is 41.4 Å². The van der Waals surface area contributed by atoms with Crippen LogP contribution in [-0.2, 0) is 17.6 Å². The van der Waals surface area contributed by atoms with E-state index in [4.69, 9.17) is 23.2 Å². The number of fused-ring (bicyclic) bond motifs is 1. The fraction of sp³-hybridized carbons (Fsp3) is 0.261. The molecular weight excluding hydrogens is 419 g/mol. The molecule has 0 atom stereocenters. The molecule has 1 N–H and O–H groups in total. The van der Waals surface area contributed by atoms with E-state index in [2.05, 4.69) is 35.2 Å². The summed E-state index contributed by atoms with van der Waals surface area (Å²) < 4.78 is 0. The molecule has 4 rings (SSSR count). The van der Waals surface area contributed by atoms with Crippen molar-refractivity contribution >= 4 is 40.7 Å². The van der Waals surface area contributed by atoms with Crippen molar-refractivity contribution < 1.29 is 4.79 Å². The maximum atomic E-state index is 12.9. The van der Waals surface area contributed by atoms with Crippen molar-refractivity contribution in [1.82, 2.24) is 9.97 Å². The summed E-state index contributed by atoms with van der Waals surface area (Å²) in [5.74, 6) is 1.47. The van der Waals surface area contributed by atoms with Crippen LogP contribution in [-0.4, -0.2) is 28.5 Å². The lowest BCUT2D eigenvalue weighted by atomic mass is 10.1. The van der Waals surface area contributed by atoms with E-state index in [1.807, 2.05) is 24.3 Å². The average Bonchev–Trinajstić information content (AvgIpc) is 3.14.